The van der Waals surface area contributed by atoms with Crippen LogP contribution in [0.3, 0.4) is 0 Å². The molecule has 33 heavy (non-hydrogen) atoms. The van der Waals surface area contributed by atoms with E-state index in [2.05, 4.69) is 4.72 Å². The maximum atomic E-state index is 13.2. The Morgan fingerprint density at radius 3 is 2.33 bits per heavy atom. The highest BCUT2D eigenvalue weighted by molar-refractivity contribution is 7.92. The second-order valence-electron chi connectivity index (χ2n) is 9.95. The van der Waals surface area contributed by atoms with E-state index < -0.39 is 15.4 Å². The maximum Gasteiger partial charge on any atom is 0.261 e. The number of nitrogens with zero attached hydrogens (tertiary/aromatic N) is 1. The van der Waals surface area contributed by atoms with Gasteiger partial charge in [0.25, 0.3) is 10.0 Å². The van der Waals surface area contributed by atoms with Gasteiger partial charge in [-0.2, -0.15) is 0 Å². The molecule has 180 valence electrons. The molecule has 0 aliphatic carbocycles. The summed E-state index contributed by atoms with van der Waals surface area (Å²) in [6, 6.07) is 11.3. The Labute approximate surface area is 197 Å². The molecule has 0 saturated heterocycles. The summed E-state index contributed by atoms with van der Waals surface area (Å²) in [5.41, 5.74) is 0.239. The van der Waals surface area contributed by atoms with Crippen LogP contribution in [0.5, 0.6) is 11.5 Å². The number of amides is 1. The van der Waals surface area contributed by atoms with E-state index in [1.807, 2.05) is 41.5 Å². The second-order valence-corrected chi connectivity index (χ2v) is 11.6. The van der Waals surface area contributed by atoms with Crippen LogP contribution in [-0.2, 0) is 14.8 Å². The Balaban J connectivity index is 1.87. The van der Waals surface area contributed by atoms with Gasteiger partial charge in [0, 0.05) is 6.54 Å². The average molecular weight is 475 g/mol. The zero-order valence-electron chi connectivity index (χ0n) is 20.2. The molecule has 1 heterocycles. The SMILES string of the molecule is CC(C)COc1ccc(S(=O)(=O)Nc2ccc3c(c2)N(CC(C)C)C(=O)C(C)(C)CO3)cc1. The molecule has 0 atom stereocenters. The van der Waals surface area contributed by atoms with Gasteiger partial charge in [-0.3, -0.25) is 9.52 Å². The van der Waals surface area contributed by atoms with Gasteiger partial charge < -0.3 is 14.4 Å². The molecule has 0 aromatic heterocycles. The number of benzene rings is 2. The number of carbonyl (C=O) groups is 1. The predicted octanol–water partition coefficient (Wildman–Crippen LogP) is 4.93. The fourth-order valence-corrected chi connectivity index (χ4v) is 4.50. The van der Waals surface area contributed by atoms with E-state index >= 15 is 0 Å². The first-order chi connectivity index (χ1) is 15.4. The molecule has 0 unspecified atom stereocenters. The fourth-order valence-electron chi connectivity index (χ4n) is 3.45. The van der Waals surface area contributed by atoms with E-state index in [4.69, 9.17) is 9.47 Å². The molecular weight excluding hydrogens is 440 g/mol. The van der Waals surface area contributed by atoms with Crippen molar-refractivity contribution in [3.8, 4) is 11.5 Å². The number of carbonyl (C=O) groups excluding carboxylic acids is 1. The van der Waals surface area contributed by atoms with Crippen LogP contribution < -0.4 is 19.1 Å². The van der Waals surface area contributed by atoms with Crippen molar-refractivity contribution in [1.29, 1.82) is 0 Å². The molecule has 0 bridgehead atoms. The quantitative estimate of drug-likeness (QED) is 0.586. The average Bonchev–Trinajstić information content (AvgIpc) is 2.82. The van der Waals surface area contributed by atoms with E-state index in [0.29, 0.717) is 41.9 Å². The van der Waals surface area contributed by atoms with Gasteiger partial charge in [-0.05, 0) is 68.1 Å². The molecule has 0 saturated carbocycles. The fraction of sp³-hybridized carbons (Fsp3) is 0.480. The van der Waals surface area contributed by atoms with Crippen molar-refractivity contribution in [1.82, 2.24) is 0 Å². The molecule has 0 radical (unpaired) electrons. The molecule has 0 fully saturated rings. The van der Waals surface area contributed by atoms with Crippen molar-refractivity contribution >= 4 is 27.3 Å². The number of sulfonamides is 1. The summed E-state index contributed by atoms with van der Waals surface area (Å²) in [5.74, 6) is 1.74. The van der Waals surface area contributed by atoms with Crippen LogP contribution in [0.25, 0.3) is 0 Å². The van der Waals surface area contributed by atoms with Crippen molar-refractivity contribution < 1.29 is 22.7 Å². The Bertz CT molecular complexity index is 1090. The van der Waals surface area contributed by atoms with Crippen molar-refractivity contribution in [2.45, 2.75) is 46.4 Å². The number of ether oxygens (including phenoxy) is 2. The topological polar surface area (TPSA) is 84.9 Å². The van der Waals surface area contributed by atoms with E-state index in [0.717, 1.165) is 0 Å². The third-order valence-corrected chi connectivity index (χ3v) is 6.58. The third-order valence-electron chi connectivity index (χ3n) is 5.18. The monoisotopic (exact) mass is 474 g/mol. The summed E-state index contributed by atoms with van der Waals surface area (Å²) < 4.78 is 40.1. The van der Waals surface area contributed by atoms with E-state index in [9.17, 15) is 13.2 Å². The smallest absolute Gasteiger partial charge is 0.261 e. The lowest BCUT2D eigenvalue weighted by atomic mass is 9.92. The van der Waals surface area contributed by atoms with Gasteiger partial charge in [0.15, 0.2) is 0 Å². The molecule has 2 aromatic rings. The largest absolute Gasteiger partial charge is 0.493 e. The number of hydrogen-bond donors (Lipinski definition) is 1. The van der Waals surface area contributed by atoms with Gasteiger partial charge in [0.05, 0.1) is 28.3 Å². The molecule has 0 spiro atoms. The zero-order chi connectivity index (χ0) is 24.4. The highest BCUT2D eigenvalue weighted by atomic mass is 32.2. The predicted molar refractivity (Wildman–Crippen MR) is 130 cm³/mol. The minimum absolute atomic E-state index is 0.0491. The molecule has 1 N–H and O–H groups in total. The van der Waals surface area contributed by atoms with E-state index in [-0.39, 0.29) is 23.3 Å². The summed E-state index contributed by atoms with van der Waals surface area (Å²) >= 11 is 0. The van der Waals surface area contributed by atoms with Crippen LogP contribution in [0.15, 0.2) is 47.4 Å². The number of anilines is 2. The number of fused-ring (bicyclic) bond motifs is 1. The first kappa shape index (κ1) is 24.9. The van der Waals surface area contributed by atoms with Crippen LogP contribution in [0.1, 0.15) is 41.5 Å². The van der Waals surface area contributed by atoms with Crippen molar-refractivity contribution in [3.63, 3.8) is 0 Å². The number of hydrogen-bond acceptors (Lipinski definition) is 5. The summed E-state index contributed by atoms with van der Waals surface area (Å²) in [6.45, 7) is 13.2. The Kier molecular flexibility index (Phi) is 7.26. The molecular formula is C25H34N2O5S. The highest BCUT2D eigenvalue weighted by Crippen LogP contribution is 2.39. The molecule has 2 aromatic carbocycles. The first-order valence-electron chi connectivity index (χ1n) is 11.2. The highest BCUT2D eigenvalue weighted by Gasteiger charge is 2.38. The Morgan fingerprint density at radius 2 is 1.73 bits per heavy atom. The summed E-state index contributed by atoms with van der Waals surface area (Å²) in [5, 5.41) is 0. The van der Waals surface area contributed by atoms with Crippen LogP contribution >= 0.6 is 0 Å². The standard InChI is InChI=1S/C25H34N2O5S/c1-17(2)14-27-22-13-19(7-12-23(22)32-16-25(5,6)24(27)28)26-33(29,30)21-10-8-20(9-11-21)31-15-18(3)4/h7-13,17-18,26H,14-16H2,1-6H3. The maximum absolute atomic E-state index is 13.2. The summed E-state index contributed by atoms with van der Waals surface area (Å²) in [4.78, 5) is 15.0. The third kappa shape index (κ3) is 5.99. The second kappa shape index (κ2) is 9.63. The van der Waals surface area contributed by atoms with Crippen LogP contribution in [0.4, 0.5) is 11.4 Å². The van der Waals surface area contributed by atoms with Crippen molar-refractivity contribution in [2.75, 3.05) is 29.4 Å². The van der Waals surface area contributed by atoms with E-state index in [1.54, 1.807) is 35.2 Å². The van der Waals surface area contributed by atoms with Gasteiger partial charge >= 0.3 is 0 Å². The number of rotatable bonds is 8. The lowest BCUT2D eigenvalue weighted by Crippen LogP contribution is -2.43. The van der Waals surface area contributed by atoms with Crippen LogP contribution in [0, 0.1) is 17.3 Å². The van der Waals surface area contributed by atoms with Crippen molar-refractivity contribution in [2.24, 2.45) is 17.3 Å². The van der Waals surface area contributed by atoms with Crippen LogP contribution in [0.2, 0.25) is 0 Å². The normalized spacial score (nSPS) is 15.8. The minimum Gasteiger partial charge on any atom is -0.493 e. The van der Waals surface area contributed by atoms with Gasteiger partial charge in [-0.1, -0.05) is 27.7 Å². The molecule has 1 amide bonds. The van der Waals surface area contributed by atoms with Gasteiger partial charge in [0.1, 0.15) is 18.1 Å². The Morgan fingerprint density at radius 1 is 1.06 bits per heavy atom. The first-order valence-corrected chi connectivity index (χ1v) is 12.7. The number of nitrogens with one attached hydrogen (secondary N) is 1. The molecule has 3 rings (SSSR count). The lowest BCUT2D eigenvalue weighted by Gasteiger charge is -2.29. The van der Waals surface area contributed by atoms with E-state index in [1.165, 1.54) is 12.1 Å². The van der Waals surface area contributed by atoms with Gasteiger partial charge in [0.2, 0.25) is 5.91 Å². The lowest BCUT2D eigenvalue weighted by molar-refractivity contribution is -0.127. The molecule has 8 heteroatoms. The van der Waals surface area contributed by atoms with Gasteiger partial charge in [-0.15, -0.1) is 0 Å². The molecule has 7 nitrogen and oxygen atoms in total. The Hall–Kier alpha value is -2.74. The summed E-state index contributed by atoms with van der Waals surface area (Å²) in [7, 11) is -3.82. The van der Waals surface area contributed by atoms with Crippen molar-refractivity contribution in [3.05, 3.63) is 42.5 Å². The van der Waals surface area contributed by atoms with Crippen LogP contribution in [-0.4, -0.2) is 34.1 Å². The summed E-state index contributed by atoms with van der Waals surface area (Å²) in [6.07, 6.45) is 0. The molecule has 1 aliphatic heterocycles. The molecule has 1 aliphatic rings. The van der Waals surface area contributed by atoms with Gasteiger partial charge in [-0.25, -0.2) is 8.42 Å². The minimum atomic E-state index is -3.82. The zero-order valence-corrected chi connectivity index (χ0v) is 21.0.